The molecule has 19 heavy (non-hydrogen) atoms. The molecule has 0 saturated carbocycles. The Hall–Kier alpha value is -0.680. The van der Waals surface area contributed by atoms with Crippen LogP contribution in [-0.2, 0) is 4.79 Å². The van der Waals surface area contributed by atoms with Crippen molar-refractivity contribution < 1.29 is 4.79 Å². The molecule has 0 aromatic carbocycles. The van der Waals surface area contributed by atoms with Crippen LogP contribution in [0.25, 0.3) is 0 Å². The molecule has 1 aliphatic heterocycles. The van der Waals surface area contributed by atoms with Crippen molar-refractivity contribution in [2.75, 3.05) is 20.1 Å². The van der Waals surface area contributed by atoms with Gasteiger partial charge in [-0.15, -0.1) is 0 Å². The van der Waals surface area contributed by atoms with Gasteiger partial charge in [-0.2, -0.15) is 0 Å². The molecule has 3 N–H and O–H groups in total. The predicted octanol–water partition coefficient (Wildman–Crippen LogP) is 1.68. The largest absolute Gasteiger partial charge is 0.392 e. The summed E-state index contributed by atoms with van der Waals surface area (Å²) in [4.78, 5) is 15.2. The first-order valence-electron chi connectivity index (χ1n) is 7.25. The minimum Gasteiger partial charge on any atom is -0.392 e. The highest BCUT2D eigenvalue weighted by molar-refractivity contribution is 7.80. The summed E-state index contributed by atoms with van der Waals surface area (Å²) < 4.78 is 0. The molecule has 0 aromatic rings. The number of nitrogens with two attached hydrogens (primary N) is 1. The van der Waals surface area contributed by atoms with E-state index in [4.69, 9.17) is 18.0 Å². The van der Waals surface area contributed by atoms with Crippen LogP contribution < -0.4 is 11.1 Å². The molecular weight excluding hydrogens is 258 g/mol. The maximum absolute atomic E-state index is 12.7. The van der Waals surface area contributed by atoms with Crippen molar-refractivity contribution in [2.45, 2.75) is 52.0 Å². The number of likely N-dealkylation sites (tertiary alicyclic amines) is 1. The third-order valence-electron chi connectivity index (χ3n) is 3.99. The topological polar surface area (TPSA) is 58.4 Å². The molecule has 4 nitrogen and oxygen atoms in total. The molecule has 1 heterocycles. The number of nitrogens with one attached hydrogen (secondary N) is 1. The second-order valence-corrected chi connectivity index (χ2v) is 6.11. The van der Waals surface area contributed by atoms with Gasteiger partial charge in [0, 0.05) is 12.6 Å². The molecule has 110 valence electrons. The van der Waals surface area contributed by atoms with Crippen molar-refractivity contribution in [3.05, 3.63) is 0 Å². The summed E-state index contributed by atoms with van der Waals surface area (Å²) in [6, 6.07) is 0.236. The molecule has 1 fully saturated rings. The number of carbonyl (C=O) groups is 1. The Balaban J connectivity index is 2.78. The number of nitrogens with zero attached hydrogens (tertiary/aromatic N) is 1. The molecule has 0 spiro atoms. The van der Waals surface area contributed by atoms with Crippen molar-refractivity contribution in [3.63, 3.8) is 0 Å². The predicted molar refractivity (Wildman–Crippen MR) is 83.1 cm³/mol. The fourth-order valence-electron chi connectivity index (χ4n) is 2.94. The zero-order chi connectivity index (χ0) is 14.5. The second kappa shape index (κ2) is 7.20. The molecule has 1 unspecified atom stereocenters. The first-order valence-corrected chi connectivity index (χ1v) is 7.66. The fraction of sp³-hybridized carbons (Fsp3) is 0.857. The minimum atomic E-state index is -0.653. The van der Waals surface area contributed by atoms with Gasteiger partial charge in [0.05, 0.1) is 10.4 Å². The number of amides is 1. The summed E-state index contributed by atoms with van der Waals surface area (Å²) in [5.41, 5.74) is 5.25. The molecule has 0 aliphatic carbocycles. The Morgan fingerprint density at radius 2 is 2.00 bits per heavy atom. The number of carbonyl (C=O) groups excluding carboxylic acids is 1. The Bertz CT molecular complexity index is 327. The number of rotatable bonds is 7. The Labute approximate surface area is 122 Å². The smallest absolute Gasteiger partial charge is 0.233 e. The summed E-state index contributed by atoms with van der Waals surface area (Å²) in [6.07, 6.45) is 4.31. The molecule has 1 rings (SSSR count). The molecule has 5 heteroatoms. The van der Waals surface area contributed by atoms with Crippen molar-refractivity contribution in [1.29, 1.82) is 0 Å². The number of likely N-dealkylation sites (N-methyl/N-ethyl adjacent to an activating group) is 1. The molecule has 1 saturated heterocycles. The average molecular weight is 285 g/mol. The molecule has 0 radical (unpaired) electrons. The van der Waals surface area contributed by atoms with Crippen LogP contribution in [0.15, 0.2) is 0 Å². The van der Waals surface area contributed by atoms with Gasteiger partial charge in [-0.3, -0.25) is 4.79 Å². The van der Waals surface area contributed by atoms with E-state index in [-0.39, 0.29) is 11.9 Å². The third-order valence-corrected chi connectivity index (χ3v) is 4.38. The average Bonchev–Trinajstić information content (AvgIpc) is 2.73. The van der Waals surface area contributed by atoms with Crippen LogP contribution in [0.3, 0.4) is 0 Å². The lowest BCUT2D eigenvalue weighted by Gasteiger charge is -2.32. The van der Waals surface area contributed by atoms with Gasteiger partial charge in [0.25, 0.3) is 0 Å². The highest BCUT2D eigenvalue weighted by Gasteiger charge is 2.41. The monoisotopic (exact) mass is 285 g/mol. The van der Waals surface area contributed by atoms with Gasteiger partial charge >= 0.3 is 0 Å². The van der Waals surface area contributed by atoms with Gasteiger partial charge in [0.15, 0.2) is 0 Å². The lowest BCUT2D eigenvalue weighted by molar-refractivity contribution is -0.128. The summed E-state index contributed by atoms with van der Waals surface area (Å²) in [5, 5.41) is 3.15. The Morgan fingerprint density at radius 1 is 1.42 bits per heavy atom. The van der Waals surface area contributed by atoms with Gasteiger partial charge in [0.1, 0.15) is 0 Å². The molecule has 0 bridgehead atoms. The summed E-state index contributed by atoms with van der Waals surface area (Å²) >= 11 is 5.21. The van der Waals surface area contributed by atoms with E-state index < -0.39 is 5.41 Å². The zero-order valence-corrected chi connectivity index (χ0v) is 13.2. The fourth-order valence-corrected chi connectivity index (χ4v) is 3.24. The third kappa shape index (κ3) is 3.89. The van der Waals surface area contributed by atoms with Crippen LogP contribution >= 0.6 is 12.2 Å². The summed E-state index contributed by atoms with van der Waals surface area (Å²) in [6.45, 7) is 6.09. The molecule has 1 atom stereocenters. The van der Waals surface area contributed by atoms with Gasteiger partial charge in [-0.1, -0.05) is 38.9 Å². The van der Waals surface area contributed by atoms with Crippen LogP contribution in [0, 0.1) is 5.41 Å². The van der Waals surface area contributed by atoms with Crippen molar-refractivity contribution in [3.8, 4) is 0 Å². The normalized spacial score (nSPS) is 20.5. The zero-order valence-electron chi connectivity index (χ0n) is 12.4. The van der Waals surface area contributed by atoms with E-state index in [9.17, 15) is 4.79 Å². The molecule has 1 amide bonds. The van der Waals surface area contributed by atoms with Crippen molar-refractivity contribution in [2.24, 2.45) is 11.1 Å². The van der Waals surface area contributed by atoms with Crippen molar-refractivity contribution >= 4 is 23.1 Å². The highest BCUT2D eigenvalue weighted by Crippen LogP contribution is 2.31. The lowest BCUT2D eigenvalue weighted by atomic mass is 9.78. The number of hydrogen-bond acceptors (Lipinski definition) is 3. The SMILES string of the molecule is CCCC(CCC)(C(=O)NC1CCN(C)C1)C(N)=S. The Kier molecular flexibility index (Phi) is 6.20. The van der Waals surface area contributed by atoms with Crippen LogP contribution in [0.4, 0.5) is 0 Å². The van der Waals surface area contributed by atoms with Crippen LogP contribution in [-0.4, -0.2) is 42.0 Å². The van der Waals surface area contributed by atoms with E-state index in [0.717, 1.165) is 45.2 Å². The first kappa shape index (κ1) is 16.4. The summed E-state index contributed by atoms with van der Waals surface area (Å²) in [5.74, 6) is 0.0315. The van der Waals surface area contributed by atoms with Crippen LogP contribution in [0.1, 0.15) is 46.0 Å². The molecule has 1 aliphatic rings. The maximum Gasteiger partial charge on any atom is 0.233 e. The molecule has 0 aromatic heterocycles. The minimum absolute atomic E-state index is 0.0315. The summed E-state index contributed by atoms with van der Waals surface area (Å²) in [7, 11) is 2.07. The van der Waals surface area contributed by atoms with E-state index >= 15 is 0 Å². The van der Waals surface area contributed by atoms with E-state index in [1.54, 1.807) is 0 Å². The van der Waals surface area contributed by atoms with E-state index in [1.165, 1.54) is 0 Å². The molecular formula is C14H27N3OS. The number of thiocarbonyl (C=S) groups is 1. The van der Waals surface area contributed by atoms with Gasteiger partial charge in [0.2, 0.25) is 5.91 Å². The van der Waals surface area contributed by atoms with Gasteiger partial charge in [-0.25, -0.2) is 0 Å². The van der Waals surface area contributed by atoms with Gasteiger partial charge in [-0.05, 0) is 32.9 Å². The first-order chi connectivity index (χ1) is 8.96. The van der Waals surface area contributed by atoms with E-state index in [2.05, 4.69) is 31.1 Å². The lowest BCUT2D eigenvalue weighted by Crippen LogP contribution is -2.52. The second-order valence-electron chi connectivity index (χ2n) is 5.67. The standard InChI is InChI=1S/C14H27N3OS/c1-4-7-14(8-5-2,12(15)19)13(18)16-11-6-9-17(3)10-11/h11H,4-10H2,1-3H3,(H2,15,19)(H,16,18). The maximum atomic E-state index is 12.7. The van der Waals surface area contributed by atoms with Crippen LogP contribution in [0.5, 0.6) is 0 Å². The Morgan fingerprint density at radius 3 is 2.37 bits per heavy atom. The van der Waals surface area contributed by atoms with E-state index in [0.29, 0.717) is 4.99 Å². The highest BCUT2D eigenvalue weighted by atomic mass is 32.1. The van der Waals surface area contributed by atoms with Crippen LogP contribution in [0.2, 0.25) is 0 Å². The van der Waals surface area contributed by atoms with Crippen molar-refractivity contribution in [1.82, 2.24) is 10.2 Å². The van der Waals surface area contributed by atoms with E-state index in [1.807, 2.05) is 0 Å². The van der Waals surface area contributed by atoms with Gasteiger partial charge < -0.3 is 16.0 Å². The quantitative estimate of drug-likeness (QED) is 0.699. The number of hydrogen-bond donors (Lipinski definition) is 2.